The predicted molar refractivity (Wildman–Crippen MR) is 111 cm³/mol. The fourth-order valence-corrected chi connectivity index (χ4v) is 2.75. The van der Waals surface area contributed by atoms with Crippen molar-refractivity contribution in [3.05, 3.63) is 96.1 Å². The molecule has 0 saturated carbocycles. The van der Waals surface area contributed by atoms with Gasteiger partial charge in [-0.2, -0.15) is 0 Å². The van der Waals surface area contributed by atoms with Gasteiger partial charge in [-0.15, -0.1) is 0 Å². The first-order valence-electron chi connectivity index (χ1n) is 9.47. The zero-order valence-electron chi connectivity index (χ0n) is 16.1. The third-order valence-electron chi connectivity index (χ3n) is 4.29. The Morgan fingerprint density at radius 3 is 2.00 bits per heavy atom. The highest BCUT2D eigenvalue weighted by atomic mass is 16.5. The molecule has 0 aliphatic carbocycles. The van der Waals surface area contributed by atoms with Crippen LogP contribution in [0.3, 0.4) is 0 Å². The third kappa shape index (κ3) is 6.21. The summed E-state index contributed by atoms with van der Waals surface area (Å²) in [6.07, 6.45) is 1.11. The molecular formula is C24H23NO4. The van der Waals surface area contributed by atoms with E-state index in [4.69, 9.17) is 9.47 Å². The highest BCUT2D eigenvalue weighted by molar-refractivity contribution is 5.99. The van der Waals surface area contributed by atoms with E-state index in [9.17, 15) is 9.59 Å². The van der Waals surface area contributed by atoms with Gasteiger partial charge in [0.05, 0.1) is 6.61 Å². The van der Waals surface area contributed by atoms with Crippen molar-refractivity contribution >= 4 is 12.3 Å². The zero-order valence-corrected chi connectivity index (χ0v) is 16.1. The standard InChI is InChI=1S/C24H23NO4/c26-19-25(24(27)21-10-5-2-6-11-21)16-7-17-28-22-12-14-23(15-13-22)29-18-20-8-3-1-4-9-20/h1-6,8-15,19H,7,16-18H2. The summed E-state index contributed by atoms with van der Waals surface area (Å²) in [5.74, 6) is 1.17. The van der Waals surface area contributed by atoms with E-state index in [0.29, 0.717) is 43.9 Å². The Morgan fingerprint density at radius 1 is 0.793 bits per heavy atom. The van der Waals surface area contributed by atoms with Crippen molar-refractivity contribution in [2.45, 2.75) is 13.0 Å². The summed E-state index contributed by atoms with van der Waals surface area (Å²) in [5, 5.41) is 0. The topological polar surface area (TPSA) is 55.8 Å². The fourth-order valence-electron chi connectivity index (χ4n) is 2.75. The zero-order chi connectivity index (χ0) is 20.3. The molecule has 0 aliphatic heterocycles. The summed E-state index contributed by atoms with van der Waals surface area (Å²) >= 11 is 0. The van der Waals surface area contributed by atoms with Crippen LogP contribution in [-0.2, 0) is 11.4 Å². The maximum atomic E-state index is 12.3. The van der Waals surface area contributed by atoms with E-state index in [1.54, 1.807) is 24.3 Å². The molecule has 3 aromatic carbocycles. The Hall–Kier alpha value is -3.60. The van der Waals surface area contributed by atoms with Crippen molar-refractivity contribution < 1.29 is 19.1 Å². The number of carbonyl (C=O) groups excluding carboxylic acids is 2. The Labute approximate surface area is 170 Å². The Balaban J connectivity index is 1.40. The minimum absolute atomic E-state index is 0.301. The van der Waals surface area contributed by atoms with Crippen molar-refractivity contribution in [2.75, 3.05) is 13.2 Å². The number of amides is 2. The van der Waals surface area contributed by atoms with E-state index in [1.807, 2.05) is 60.7 Å². The summed E-state index contributed by atoms with van der Waals surface area (Å²) in [7, 11) is 0. The molecule has 3 aromatic rings. The Bertz CT molecular complexity index is 895. The molecule has 0 radical (unpaired) electrons. The van der Waals surface area contributed by atoms with Gasteiger partial charge in [-0.1, -0.05) is 48.5 Å². The van der Waals surface area contributed by atoms with Crippen LogP contribution in [0.4, 0.5) is 0 Å². The first-order chi connectivity index (χ1) is 14.3. The number of carbonyl (C=O) groups is 2. The number of hydrogen-bond acceptors (Lipinski definition) is 4. The second-order valence-electron chi connectivity index (χ2n) is 6.42. The molecule has 2 amide bonds. The smallest absolute Gasteiger partial charge is 0.260 e. The predicted octanol–water partition coefficient (Wildman–Crippen LogP) is 4.33. The van der Waals surface area contributed by atoms with E-state index < -0.39 is 0 Å². The van der Waals surface area contributed by atoms with Crippen molar-refractivity contribution in [1.29, 1.82) is 0 Å². The third-order valence-corrected chi connectivity index (χ3v) is 4.29. The van der Waals surface area contributed by atoms with Crippen LogP contribution in [0.25, 0.3) is 0 Å². The molecule has 148 valence electrons. The molecule has 0 aliphatic rings. The van der Waals surface area contributed by atoms with Crippen molar-refractivity contribution in [2.24, 2.45) is 0 Å². The Morgan fingerprint density at radius 2 is 1.38 bits per heavy atom. The quantitative estimate of drug-likeness (QED) is 0.382. The molecule has 5 nitrogen and oxygen atoms in total. The Kier molecular flexibility index (Phi) is 7.41. The number of ether oxygens (including phenoxy) is 2. The molecule has 0 spiro atoms. The van der Waals surface area contributed by atoms with Crippen molar-refractivity contribution in [1.82, 2.24) is 4.90 Å². The molecule has 0 N–H and O–H groups in total. The van der Waals surface area contributed by atoms with E-state index in [1.165, 1.54) is 4.90 Å². The lowest BCUT2D eigenvalue weighted by atomic mass is 10.2. The van der Waals surface area contributed by atoms with E-state index in [0.717, 1.165) is 11.3 Å². The van der Waals surface area contributed by atoms with Crippen molar-refractivity contribution in [3.63, 3.8) is 0 Å². The molecule has 29 heavy (non-hydrogen) atoms. The van der Waals surface area contributed by atoms with Gasteiger partial charge in [-0.3, -0.25) is 14.5 Å². The lowest BCUT2D eigenvalue weighted by molar-refractivity contribution is -0.116. The number of hydrogen-bond donors (Lipinski definition) is 0. The van der Waals surface area contributed by atoms with E-state index in [-0.39, 0.29) is 5.91 Å². The normalized spacial score (nSPS) is 10.2. The molecule has 0 unspecified atom stereocenters. The molecule has 3 rings (SSSR count). The van der Waals surface area contributed by atoms with Gasteiger partial charge < -0.3 is 9.47 Å². The molecule has 0 fully saturated rings. The van der Waals surface area contributed by atoms with Gasteiger partial charge in [0.15, 0.2) is 0 Å². The minimum Gasteiger partial charge on any atom is -0.494 e. The van der Waals surface area contributed by atoms with Gasteiger partial charge in [-0.05, 0) is 48.4 Å². The summed E-state index contributed by atoms with van der Waals surface area (Å²) in [6, 6.07) is 26.1. The van der Waals surface area contributed by atoms with Crippen molar-refractivity contribution in [3.8, 4) is 11.5 Å². The summed E-state index contributed by atoms with van der Waals surface area (Å²) in [4.78, 5) is 24.7. The fraction of sp³-hybridized carbons (Fsp3) is 0.167. The number of benzene rings is 3. The number of rotatable bonds is 10. The molecular weight excluding hydrogens is 366 g/mol. The van der Waals surface area contributed by atoms with Gasteiger partial charge in [-0.25, -0.2) is 0 Å². The van der Waals surface area contributed by atoms with E-state index >= 15 is 0 Å². The second kappa shape index (κ2) is 10.7. The first kappa shape index (κ1) is 20.1. The molecule has 0 heterocycles. The molecule has 0 saturated heterocycles. The van der Waals surface area contributed by atoms with Crippen LogP contribution in [0.1, 0.15) is 22.3 Å². The van der Waals surface area contributed by atoms with Gasteiger partial charge in [0.2, 0.25) is 6.41 Å². The summed E-state index contributed by atoms with van der Waals surface area (Å²) < 4.78 is 11.4. The van der Waals surface area contributed by atoms with Gasteiger partial charge in [0, 0.05) is 12.1 Å². The van der Waals surface area contributed by atoms with E-state index in [2.05, 4.69) is 0 Å². The first-order valence-corrected chi connectivity index (χ1v) is 9.47. The molecule has 0 bridgehead atoms. The summed E-state index contributed by atoms with van der Waals surface area (Å²) in [5.41, 5.74) is 1.60. The highest BCUT2D eigenvalue weighted by Crippen LogP contribution is 2.19. The van der Waals surface area contributed by atoms with Gasteiger partial charge >= 0.3 is 0 Å². The lowest BCUT2D eigenvalue weighted by Crippen LogP contribution is -2.31. The van der Waals surface area contributed by atoms with Crippen LogP contribution >= 0.6 is 0 Å². The van der Waals surface area contributed by atoms with Crippen LogP contribution in [0, 0.1) is 0 Å². The monoisotopic (exact) mass is 389 g/mol. The highest BCUT2D eigenvalue weighted by Gasteiger charge is 2.14. The number of imide groups is 1. The van der Waals surface area contributed by atoms with Crippen LogP contribution in [0.5, 0.6) is 11.5 Å². The van der Waals surface area contributed by atoms with Crippen LogP contribution in [0.15, 0.2) is 84.9 Å². The molecule has 0 aromatic heterocycles. The largest absolute Gasteiger partial charge is 0.494 e. The maximum Gasteiger partial charge on any atom is 0.260 e. The average Bonchev–Trinajstić information content (AvgIpc) is 2.79. The van der Waals surface area contributed by atoms with Crippen LogP contribution in [0.2, 0.25) is 0 Å². The molecule has 5 heteroatoms. The van der Waals surface area contributed by atoms with Gasteiger partial charge in [0.1, 0.15) is 18.1 Å². The second-order valence-corrected chi connectivity index (χ2v) is 6.42. The average molecular weight is 389 g/mol. The van der Waals surface area contributed by atoms with Crippen LogP contribution < -0.4 is 9.47 Å². The number of nitrogens with zero attached hydrogens (tertiary/aromatic N) is 1. The van der Waals surface area contributed by atoms with Crippen LogP contribution in [-0.4, -0.2) is 30.4 Å². The maximum absolute atomic E-state index is 12.3. The lowest BCUT2D eigenvalue weighted by Gasteiger charge is -2.15. The minimum atomic E-state index is -0.305. The summed E-state index contributed by atoms with van der Waals surface area (Å²) in [6.45, 7) is 1.21. The SMILES string of the molecule is O=CN(CCCOc1ccc(OCc2ccccc2)cc1)C(=O)c1ccccc1. The van der Waals surface area contributed by atoms with Gasteiger partial charge in [0.25, 0.3) is 5.91 Å². The molecule has 0 atom stereocenters.